The highest BCUT2D eigenvalue weighted by molar-refractivity contribution is 7.92. The van der Waals surface area contributed by atoms with Crippen molar-refractivity contribution in [1.82, 2.24) is 10.2 Å². The van der Waals surface area contributed by atoms with Gasteiger partial charge < -0.3 is 15.0 Å². The minimum atomic E-state index is -4.27. The molecule has 0 heterocycles. The molecule has 0 aliphatic carbocycles. The highest BCUT2D eigenvalue weighted by Crippen LogP contribution is 2.28. The summed E-state index contributed by atoms with van der Waals surface area (Å²) in [5.74, 6) is -1.20. The van der Waals surface area contributed by atoms with Gasteiger partial charge in [0.15, 0.2) is 0 Å². The van der Waals surface area contributed by atoms with Gasteiger partial charge >= 0.3 is 0 Å². The Hall–Kier alpha value is -3.63. The number of nitrogens with one attached hydrogen (secondary N) is 1. The van der Waals surface area contributed by atoms with E-state index in [-0.39, 0.29) is 28.6 Å². The van der Waals surface area contributed by atoms with Crippen LogP contribution in [0.2, 0.25) is 5.02 Å². The lowest BCUT2D eigenvalue weighted by molar-refractivity contribution is -0.140. The van der Waals surface area contributed by atoms with Gasteiger partial charge in [0.05, 0.1) is 22.7 Å². The molecule has 38 heavy (non-hydrogen) atoms. The summed E-state index contributed by atoms with van der Waals surface area (Å²) in [4.78, 5) is 27.8. The van der Waals surface area contributed by atoms with Gasteiger partial charge in [-0.2, -0.15) is 0 Å². The molecule has 8 nitrogen and oxygen atoms in total. The second kappa shape index (κ2) is 12.7. The van der Waals surface area contributed by atoms with Crippen molar-refractivity contribution in [3.63, 3.8) is 0 Å². The predicted molar refractivity (Wildman–Crippen MR) is 144 cm³/mol. The number of amides is 2. The third-order valence-electron chi connectivity index (χ3n) is 5.92. The number of carbonyl (C=O) groups excluding carboxylic acids is 2. The Kier molecular flexibility index (Phi) is 9.71. The third-order valence-corrected chi connectivity index (χ3v) is 8.00. The van der Waals surface area contributed by atoms with Gasteiger partial charge in [-0.05, 0) is 54.4 Å². The summed E-state index contributed by atoms with van der Waals surface area (Å²) in [5, 5.41) is 2.27. The van der Waals surface area contributed by atoms with Crippen LogP contribution in [-0.2, 0) is 26.2 Å². The van der Waals surface area contributed by atoms with Crippen molar-refractivity contribution in [3.05, 3.63) is 89.2 Å². The maximum Gasteiger partial charge on any atom is 0.264 e. The summed E-state index contributed by atoms with van der Waals surface area (Å²) in [7, 11) is -1.29. The molecule has 3 aromatic rings. The number of benzene rings is 3. The van der Waals surface area contributed by atoms with Gasteiger partial charge in [-0.3, -0.25) is 13.9 Å². The topological polar surface area (TPSA) is 96.0 Å². The normalized spacial score (nSPS) is 11.9. The van der Waals surface area contributed by atoms with E-state index in [1.54, 1.807) is 49.4 Å². The Morgan fingerprint density at radius 3 is 2.37 bits per heavy atom. The number of hydrogen-bond acceptors (Lipinski definition) is 5. The highest BCUT2D eigenvalue weighted by atomic mass is 35.5. The summed E-state index contributed by atoms with van der Waals surface area (Å²) < 4.78 is 47.4. The largest absolute Gasteiger partial charge is 0.497 e. The van der Waals surface area contributed by atoms with Crippen LogP contribution in [0, 0.1) is 5.82 Å². The number of nitrogens with zero attached hydrogens (tertiary/aromatic N) is 2. The van der Waals surface area contributed by atoms with Crippen LogP contribution >= 0.6 is 11.6 Å². The number of sulfonamides is 1. The van der Waals surface area contributed by atoms with Crippen LogP contribution in [0.5, 0.6) is 5.75 Å². The Labute approximate surface area is 227 Å². The first-order chi connectivity index (χ1) is 18.1. The maximum absolute atomic E-state index is 13.9. The van der Waals surface area contributed by atoms with Crippen molar-refractivity contribution in [3.8, 4) is 5.75 Å². The van der Waals surface area contributed by atoms with Crippen molar-refractivity contribution < 1.29 is 27.1 Å². The van der Waals surface area contributed by atoms with Gasteiger partial charge in [-0.15, -0.1) is 0 Å². The maximum atomic E-state index is 13.9. The molecule has 0 bridgehead atoms. The van der Waals surface area contributed by atoms with Crippen LogP contribution in [0.15, 0.2) is 77.7 Å². The highest BCUT2D eigenvalue weighted by Gasteiger charge is 2.33. The molecule has 1 N–H and O–H groups in total. The zero-order chi connectivity index (χ0) is 27.9. The minimum Gasteiger partial charge on any atom is -0.497 e. The molecular formula is C27H29ClFN3O5S. The zero-order valence-electron chi connectivity index (χ0n) is 21.2. The van der Waals surface area contributed by atoms with Crippen molar-refractivity contribution in [2.45, 2.75) is 30.8 Å². The van der Waals surface area contributed by atoms with E-state index in [1.165, 1.54) is 37.3 Å². The van der Waals surface area contributed by atoms with Crippen LogP contribution in [0.25, 0.3) is 0 Å². The standard InChI is InChI=1S/C27H29ClFN3O5S/c1-4-25(27(34)30-2)31(17-19-9-8-10-21(15-19)37-3)26(33)18-32(20-13-14-24(29)23(28)16-20)38(35,36)22-11-6-5-7-12-22/h5-16,25H,4,17-18H2,1-3H3,(H,30,34). The molecule has 202 valence electrons. The van der Waals surface area contributed by atoms with E-state index in [9.17, 15) is 22.4 Å². The molecule has 0 saturated heterocycles. The second-order valence-electron chi connectivity index (χ2n) is 8.33. The number of carbonyl (C=O) groups is 2. The fourth-order valence-corrected chi connectivity index (χ4v) is 5.54. The third kappa shape index (κ3) is 6.62. The van der Waals surface area contributed by atoms with Gasteiger partial charge in [-0.25, -0.2) is 12.8 Å². The lowest BCUT2D eigenvalue weighted by atomic mass is 10.1. The smallest absolute Gasteiger partial charge is 0.264 e. The predicted octanol–water partition coefficient (Wildman–Crippen LogP) is 4.24. The van der Waals surface area contributed by atoms with E-state index in [4.69, 9.17) is 16.3 Å². The van der Waals surface area contributed by atoms with Gasteiger partial charge in [0.25, 0.3) is 10.0 Å². The average Bonchev–Trinajstić information content (AvgIpc) is 2.93. The molecule has 3 aromatic carbocycles. The van der Waals surface area contributed by atoms with Crippen LogP contribution in [0.3, 0.4) is 0 Å². The Bertz CT molecular complexity index is 1390. The number of rotatable bonds is 11. The van der Waals surface area contributed by atoms with E-state index in [2.05, 4.69) is 5.32 Å². The lowest BCUT2D eigenvalue weighted by Crippen LogP contribution is -2.51. The molecule has 1 atom stereocenters. The molecular weight excluding hydrogens is 533 g/mol. The molecule has 0 saturated carbocycles. The number of anilines is 1. The number of likely N-dealkylation sites (N-methyl/N-ethyl adjacent to an activating group) is 1. The molecule has 0 spiro atoms. The quantitative estimate of drug-likeness (QED) is 0.378. The first kappa shape index (κ1) is 28.9. The molecule has 11 heteroatoms. The minimum absolute atomic E-state index is 0.00271. The van der Waals surface area contributed by atoms with Gasteiger partial charge in [0, 0.05) is 13.6 Å². The molecule has 0 radical (unpaired) electrons. The summed E-state index contributed by atoms with van der Waals surface area (Å²) in [6.45, 7) is 1.12. The first-order valence-electron chi connectivity index (χ1n) is 11.8. The molecule has 0 aliphatic heterocycles. The summed E-state index contributed by atoms with van der Waals surface area (Å²) in [5.41, 5.74) is 0.685. The van der Waals surface area contributed by atoms with Gasteiger partial charge in [0.1, 0.15) is 24.2 Å². The van der Waals surface area contributed by atoms with Crippen molar-refractivity contribution >= 4 is 39.1 Å². The average molecular weight is 562 g/mol. The van der Waals surface area contributed by atoms with Gasteiger partial charge in [-0.1, -0.05) is 48.9 Å². The van der Waals surface area contributed by atoms with Crippen LogP contribution in [0.1, 0.15) is 18.9 Å². The fourth-order valence-electron chi connectivity index (χ4n) is 3.94. The summed E-state index contributed by atoms with van der Waals surface area (Å²) in [6.07, 6.45) is 0.281. The second-order valence-corrected chi connectivity index (χ2v) is 10.6. The SMILES string of the molecule is CCC(C(=O)NC)N(Cc1cccc(OC)c1)C(=O)CN(c1ccc(F)c(Cl)c1)S(=O)(=O)c1ccccc1. The molecule has 0 aliphatic rings. The van der Waals surface area contributed by atoms with Crippen LogP contribution in [-0.4, -0.2) is 51.9 Å². The summed E-state index contributed by atoms with van der Waals surface area (Å²) in [6, 6.07) is 17.1. The van der Waals surface area contributed by atoms with E-state index >= 15 is 0 Å². The van der Waals surface area contributed by atoms with Gasteiger partial charge in [0.2, 0.25) is 11.8 Å². The van der Waals surface area contributed by atoms with Crippen LogP contribution in [0.4, 0.5) is 10.1 Å². The lowest BCUT2D eigenvalue weighted by Gasteiger charge is -2.33. The van der Waals surface area contributed by atoms with E-state index in [0.29, 0.717) is 11.3 Å². The van der Waals surface area contributed by atoms with E-state index in [1.807, 2.05) is 0 Å². The molecule has 0 aromatic heterocycles. The Morgan fingerprint density at radius 1 is 1.05 bits per heavy atom. The molecule has 3 rings (SSSR count). The van der Waals surface area contributed by atoms with Crippen molar-refractivity contribution in [2.75, 3.05) is 25.0 Å². The van der Waals surface area contributed by atoms with E-state index < -0.39 is 40.2 Å². The molecule has 0 fully saturated rings. The number of ether oxygens (including phenoxy) is 1. The van der Waals surface area contributed by atoms with E-state index in [0.717, 1.165) is 16.4 Å². The summed E-state index contributed by atoms with van der Waals surface area (Å²) >= 11 is 5.97. The zero-order valence-corrected chi connectivity index (χ0v) is 22.8. The number of halogens is 2. The van der Waals surface area contributed by atoms with Crippen molar-refractivity contribution in [2.24, 2.45) is 0 Å². The molecule has 1 unspecified atom stereocenters. The Balaban J connectivity index is 2.07. The fraction of sp³-hybridized carbons (Fsp3) is 0.259. The Morgan fingerprint density at radius 2 is 1.76 bits per heavy atom. The monoisotopic (exact) mass is 561 g/mol. The molecule has 2 amide bonds. The van der Waals surface area contributed by atoms with Crippen LogP contribution < -0.4 is 14.4 Å². The first-order valence-corrected chi connectivity index (χ1v) is 13.6. The van der Waals surface area contributed by atoms with Crippen molar-refractivity contribution in [1.29, 1.82) is 0 Å². The number of methoxy groups -OCH3 is 1. The number of hydrogen-bond donors (Lipinski definition) is 1.